The van der Waals surface area contributed by atoms with Crippen LogP contribution in [0.4, 0.5) is 5.69 Å². The lowest BCUT2D eigenvalue weighted by atomic mass is 10.2. The van der Waals surface area contributed by atoms with Crippen molar-refractivity contribution in [3.05, 3.63) is 34.4 Å². The minimum Gasteiger partial charge on any atom is -0.492 e. The van der Waals surface area contributed by atoms with Crippen LogP contribution in [0.1, 0.15) is 13.8 Å². The number of non-ortho nitro benzene ring substituents is 1. The number of nitrogens with zero attached hydrogens (tertiary/aromatic N) is 1. The molecule has 0 bridgehead atoms. The molecule has 0 spiro atoms. The van der Waals surface area contributed by atoms with Gasteiger partial charge in [-0.15, -0.1) is 0 Å². The lowest BCUT2D eigenvalue weighted by Gasteiger charge is -2.09. The second kappa shape index (κ2) is 7.62. The number of nitrogens with one attached hydrogen (secondary N) is 1. The fourth-order valence-electron chi connectivity index (χ4n) is 1.17. The number of rotatable bonds is 8. The molecule has 1 aromatic carbocycles. The van der Waals surface area contributed by atoms with Crippen molar-refractivity contribution in [2.45, 2.75) is 13.8 Å². The first kappa shape index (κ1) is 14.4. The molecule has 18 heavy (non-hydrogen) atoms. The van der Waals surface area contributed by atoms with Crippen LogP contribution in [0, 0.1) is 16.0 Å². The average molecular weight is 254 g/mol. The Bertz CT molecular complexity index is 365. The Hall–Kier alpha value is -1.66. The zero-order valence-electron chi connectivity index (χ0n) is 10.6. The smallest absolute Gasteiger partial charge is 0.269 e. The van der Waals surface area contributed by atoms with Gasteiger partial charge in [0.15, 0.2) is 0 Å². The minimum atomic E-state index is -0.439. The number of nitro benzene ring substituents is 1. The van der Waals surface area contributed by atoms with E-state index in [1.54, 1.807) is 12.1 Å². The molecule has 0 radical (unpaired) electrons. The van der Waals surface area contributed by atoms with Crippen molar-refractivity contribution in [2.24, 2.45) is 5.92 Å². The van der Waals surface area contributed by atoms with Crippen molar-refractivity contribution in [1.29, 1.82) is 0 Å². The van der Waals surface area contributed by atoms with Crippen LogP contribution in [0.5, 0.6) is 5.75 Å². The summed E-state index contributed by atoms with van der Waals surface area (Å²) < 4.78 is 5.38. The van der Waals surface area contributed by atoms with Crippen molar-refractivity contribution in [3.63, 3.8) is 0 Å². The van der Waals surface area contributed by atoms with Crippen LogP contribution in [-0.2, 0) is 4.84 Å². The lowest BCUT2D eigenvalue weighted by molar-refractivity contribution is -0.384. The van der Waals surface area contributed by atoms with Crippen LogP contribution >= 0.6 is 0 Å². The Kier molecular flexibility index (Phi) is 6.10. The van der Waals surface area contributed by atoms with E-state index in [-0.39, 0.29) is 5.69 Å². The molecule has 1 N–H and O–H groups in total. The first-order valence-corrected chi connectivity index (χ1v) is 5.81. The van der Waals surface area contributed by atoms with Crippen molar-refractivity contribution in [1.82, 2.24) is 5.48 Å². The molecule has 0 saturated carbocycles. The molecule has 0 aliphatic rings. The maximum atomic E-state index is 10.4. The van der Waals surface area contributed by atoms with Crippen LogP contribution < -0.4 is 10.2 Å². The van der Waals surface area contributed by atoms with Gasteiger partial charge >= 0.3 is 0 Å². The topological polar surface area (TPSA) is 73.6 Å². The van der Waals surface area contributed by atoms with Crippen LogP contribution in [0.2, 0.25) is 0 Å². The fraction of sp³-hybridized carbons (Fsp3) is 0.500. The number of hydroxylamine groups is 1. The van der Waals surface area contributed by atoms with Crippen molar-refractivity contribution < 1.29 is 14.5 Å². The first-order chi connectivity index (χ1) is 8.59. The molecule has 1 aromatic rings. The van der Waals surface area contributed by atoms with E-state index in [0.717, 1.165) is 0 Å². The first-order valence-electron chi connectivity index (χ1n) is 5.81. The highest BCUT2D eigenvalue weighted by Gasteiger charge is 2.03. The number of ether oxygens (including phenoxy) is 1. The molecule has 0 amide bonds. The third kappa shape index (κ3) is 5.60. The molecule has 100 valence electrons. The Morgan fingerprint density at radius 2 is 2.00 bits per heavy atom. The van der Waals surface area contributed by atoms with E-state index < -0.39 is 4.92 Å². The zero-order chi connectivity index (χ0) is 13.4. The molecule has 6 heteroatoms. The highest BCUT2D eigenvalue weighted by Crippen LogP contribution is 2.16. The van der Waals surface area contributed by atoms with Crippen LogP contribution in [0.25, 0.3) is 0 Å². The van der Waals surface area contributed by atoms with Gasteiger partial charge in [0.2, 0.25) is 0 Å². The van der Waals surface area contributed by atoms with Crippen LogP contribution in [0.3, 0.4) is 0 Å². The predicted octanol–water partition coefficient (Wildman–Crippen LogP) is 2.15. The maximum Gasteiger partial charge on any atom is 0.269 e. The predicted molar refractivity (Wildman–Crippen MR) is 67.4 cm³/mol. The van der Waals surface area contributed by atoms with Crippen LogP contribution in [0.15, 0.2) is 24.3 Å². The molecule has 0 aliphatic carbocycles. The maximum absolute atomic E-state index is 10.4. The largest absolute Gasteiger partial charge is 0.492 e. The molecular weight excluding hydrogens is 236 g/mol. The van der Waals surface area contributed by atoms with E-state index in [4.69, 9.17) is 9.57 Å². The molecule has 1 rings (SSSR count). The molecule has 0 aromatic heterocycles. The molecule has 0 unspecified atom stereocenters. The summed E-state index contributed by atoms with van der Waals surface area (Å²) in [4.78, 5) is 15.2. The molecular formula is C12H18N2O4. The highest BCUT2D eigenvalue weighted by atomic mass is 16.6. The van der Waals surface area contributed by atoms with Gasteiger partial charge in [-0.05, 0) is 18.1 Å². The number of nitro groups is 1. The Labute approximate surface area is 106 Å². The van der Waals surface area contributed by atoms with E-state index in [1.807, 2.05) is 0 Å². The standard InChI is InChI=1S/C12H18N2O4/c1-10(2)9-18-13-7-8-17-12-5-3-11(4-6-12)14(15)16/h3-6,10,13H,7-9H2,1-2H3. The quantitative estimate of drug-likeness (QED) is 0.437. The summed E-state index contributed by atoms with van der Waals surface area (Å²) in [5.41, 5.74) is 2.84. The Morgan fingerprint density at radius 3 is 2.56 bits per heavy atom. The number of hydrogen-bond acceptors (Lipinski definition) is 5. The van der Waals surface area contributed by atoms with E-state index in [9.17, 15) is 10.1 Å². The summed E-state index contributed by atoms with van der Waals surface area (Å²) in [6.45, 7) is 5.78. The van der Waals surface area contributed by atoms with Gasteiger partial charge < -0.3 is 9.57 Å². The van der Waals surface area contributed by atoms with E-state index in [1.165, 1.54) is 12.1 Å². The monoisotopic (exact) mass is 254 g/mol. The van der Waals surface area contributed by atoms with Gasteiger partial charge in [-0.2, -0.15) is 5.48 Å². The van der Waals surface area contributed by atoms with E-state index >= 15 is 0 Å². The summed E-state index contributed by atoms with van der Waals surface area (Å²) in [6.07, 6.45) is 0. The molecule has 6 nitrogen and oxygen atoms in total. The van der Waals surface area contributed by atoms with Gasteiger partial charge in [0, 0.05) is 12.1 Å². The summed E-state index contributed by atoms with van der Waals surface area (Å²) in [6, 6.07) is 5.98. The van der Waals surface area contributed by atoms with Gasteiger partial charge in [0.05, 0.1) is 18.1 Å². The zero-order valence-corrected chi connectivity index (χ0v) is 10.6. The Balaban J connectivity index is 2.17. The third-order valence-electron chi connectivity index (χ3n) is 2.04. The summed E-state index contributed by atoms with van der Waals surface area (Å²) in [5, 5.41) is 10.4. The molecule has 0 fully saturated rings. The summed E-state index contributed by atoms with van der Waals surface area (Å²) in [7, 11) is 0. The number of hydrogen-bond donors (Lipinski definition) is 1. The van der Waals surface area contributed by atoms with Gasteiger partial charge in [-0.1, -0.05) is 13.8 Å². The Morgan fingerprint density at radius 1 is 1.33 bits per heavy atom. The fourth-order valence-corrected chi connectivity index (χ4v) is 1.17. The van der Waals surface area contributed by atoms with Crippen LogP contribution in [-0.4, -0.2) is 24.7 Å². The molecule has 0 atom stereocenters. The van der Waals surface area contributed by atoms with Crippen molar-refractivity contribution in [2.75, 3.05) is 19.8 Å². The third-order valence-corrected chi connectivity index (χ3v) is 2.04. The van der Waals surface area contributed by atoms with E-state index in [2.05, 4.69) is 19.3 Å². The molecule has 0 aliphatic heterocycles. The second-order valence-electron chi connectivity index (χ2n) is 4.20. The summed E-state index contributed by atoms with van der Waals surface area (Å²) in [5.74, 6) is 1.08. The molecule has 0 heterocycles. The highest BCUT2D eigenvalue weighted by molar-refractivity contribution is 5.35. The molecule has 0 saturated heterocycles. The van der Waals surface area contributed by atoms with Crippen molar-refractivity contribution >= 4 is 5.69 Å². The van der Waals surface area contributed by atoms with Gasteiger partial charge in [-0.3, -0.25) is 10.1 Å². The van der Waals surface area contributed by atoms with Crippen molar-refractivity contribution in [3.8, 4) is 5.75 Å². The van der Waals surface area contributed by atoms with Gasteiger partial charge in [-0.25, -0.2) is 0 Å². The average Bonchev–Trinajstić information content (AvgIpc) is 2.34. The number of benzene rings is 1. The SMILES string of the molecule is CC(C)CONCCOc1ccc([N+](=O)[O-])cc1. The minimum absolute atomic E-state index is 0.0562. The van der Waals surface area contributed by atoms with Gasteiger partial charge in [0.1, 0.15) is 12.4 Å². The normalized spacial score (nSPS) is 10.6. The van der Waals surface area contributed by atoms with Gasteiger partial charge in [0.25, 0.3) is 5.69 Å². The second-order valence-corrected chi connectivity index (χ2v) is 4.20. The summed E-state index contributed by atoms with van der Waals surface area (Å²) >= 11 is 0. The van der Waals surface area contributed by atoms with E-state index in [0.29, 0.717) is 31.4 Å². The lowest BCUT2D eigenvalue weighted by Crippen LogP contribution is -2.23.